The van der Waals surface area contributed by atoms with Gasteiger partial charge in [0, 0.05) is 5.92 Å². The lowest BCUT2D eigenvalue weighted by atomic mass is 9.80. The van der Waals surface area contributed by atoms with E-state index in [2.05, 4.69) is 52.0 Å². The molecule has 0 aliphatic rings. The van der Waals surface area contributed by atoms with E-state index in [0.717, 1.165) is 12.7 Å². The van der Waals surface area contributed by atoms with E-state index in [-0.39, 0.29) is 12.7 Å². The summed E-state index contributed by atoms with van der Waals surface area (Å²) >= 11 is 0. The number of ether oxygens (including phenoxy) is 1. The molecular weight excluding hydrogens is 262 g/mol. The molecule has 0 aliphatic heterocycles. The second kappa shape index (κ2) is 7.71. The summed E-state index contributed by atoms with van der Waals surface area (Å²) in [6.45, 7) is 10.6. The topological polar surface area (TPSA) is 52.3 Å². The molecule has 1 aromatic rings. The molecule has 0 saturated carbocycles. The summed E-state index contributed by atoms with van der Waals surface area (Å²) < 4.78 is 5.94. The number of nitrogens with two attached hydrogens (primary N) is 1. The molecular formula is C18H29NO2. The number of benzene rings is 1. The quantitative estimate of drug-likeness (QED) is 0.746. The number of carbonyl (C=O) groups excluding carboxylic acids is 1. The summed E-state index contributed by atoms with van der Waals surface area (Å²) in [5.41, 5.74) is 7.54. The largest absolute Gasteiger partial charge is 0.375 e. The van der Waals surface area contributed by atoms with E-state index in [1.54, 1.807) is 6.92 Å². The van der Waals surface area contributed by atoms with Gasteiger partial charge in [0.15, 0.2) is 0 Å². The van der Waals surface area contributed by atoms with E-state index in [4.69, 9.17) is 10.5 Å². The monoisotopic (exact) mass is 291 g/mol. The van der Waals surface area contributed by atoms with Gasteiger partial charge in [-0.3, -0.25) is 0 Å². The van der Waals surface area contributed by atoms with Gasteiger partial charge in [-0.25, -0.2) is 0 Å². The second-order valence-electron chi connectivity index (χ2n) is 6.41. The number of aldehydes is 1. The van der Waals surface area contributed by atoms with Gasteiger partial charge in [-0.15, -0.1) is 0 Å². The van der Waals surface area contributed by atoms with Crippen molar-refractivity contribution in [1.82, 2.24) is 0 Å². The van der Waals surface area contributed by atoms with E-state index >= 15 is 0 Å². The molecule has 3 nitrogen and oxygen atoms in total. The lowest BCUT2D eigenvalue weighted by molar-refractivity contribution is -0.114. The third-order valence-corrected chi connectivity index (χ3v) is 4.24. The maximum absolute atomic E-state index is 10.9. The van der Waals surface area contributed by atoms with Gasteiger partial charge in [0.25, 0.3) is 0 Å². The SMILES string of the molecule is CCC(C)[C@@H](c1ccccc1C)[C@H](C)OC[C@](C)(N)C=O. The molecule has 0 saturated heterocycles. The molecule has 0 heterocycles. The Morgan fingerprint density at radius 3 is 2.48 bits per heavy atom. The number of aryl methyl sites for hydroxylation is 1. The molecule has 4 atom stereocenters. The predicted molar refractivity (Wildman–Crippen MR) is 87.4 cm³/mol. The lowest BCUT2D eigenvalue weighted by Gasteiger charge is -2.32. The number of hydrogen-bond acceptors (Lipinski definition) is 3. The number of carbonyl (C=O) groups is 1. The Balaban J connectivity index is 2.93. The van der Waals surface area contributed by atoms with Gasteiger partial charge in [0.2, 0.25) is 0 Å². The fourth-order valence-electron chi connectivity index (χ4n) is 2.69. The van der Waals surface area contributed by atoms with Crippen molar-refractivity contribution in [2.24, 2.45) is 11.7 Å². The van der Waals surface area contributed by atoms with Crippen molar-refractivity contribution in [1.29, 1.82) is 0 Å². The van der Waals surface area contributed by atoms with Gasteiger partial charge >= 0.3 is 0 Å². The second-order valence-corrected chi connectivity index (χ2v) is 6.41. The molecule has 21 heavy (non-hydrogen) atoms. The summed E-state index contributed by atoms with van der Waals surface area (Å²) in [7, 11) is 0. The fourth-order valence-corrected chi connectivity index (χ4v) is 2.69. The third kappa shape index (κ3) is 4.94. The molecule has 2 N–H and O–H groups in total. The van der Waals surface area contributed by atoms with Crippen LogP contribution in [0.25, 0.3) is 0 Å². The van der Waals surface area contributed by atoms with Gasteiger partial charge < -0.3 is 15.3 Å². The van der Waals surface area contributed by atoms with Crippen LogP contribution in [0.1, 0.15) is 51.2 Å². The minimum absolute atomic E-state index is 0.0175. The van der Waals surface area contributed by atoms with Crippen molar-refractivity contribution in [2.75, 3.05) is 6.61 Å². The van der Waals surface area contributed by atoms with E-state index < -0.39 is 5.54 Å². The van der Waals surface area contributed by atoms with Crippen LogP contribution in [-0.4, -0.2) is 24.5 Å². The molecule has 3 heteroatoms. The highest BCUT2D eigenvalue weighted by Gasteiger charge is 2.28. The van der Waals surface area contributed by atoms with E-state index in [9.17, 15) is 4.79 Å². The van der Waals surface area contributed by atoms with E-state index in [0.29, 0.717) is 11.8 Å². The Labute approximate surface area is 128 Å². The molecule has 0 radical (unpaired) electrons. The molecule has 118 valence electrons. The van der Waals surface area contributed by atoms with Gasteiger partial charge in [-0.1, -0.05) is 44.5 Å². The molecule has 0 spiro atoms. The molecule has 1 unspecified atom stereocenters. The van der Waals surface area contributed by atoms with E-state index in [1.807, 2.05) is 0 Å². The first kappa shape index (κ1) is 17.9. The van der Waals surface area contributed by atoms with Crippen LogP contribution in [0.4, 0.5) is 0 Å². The Morgan fingerprint density at radius 2 is 1.95 bits per heavy atom. The smallest absolute Gasteiger partial charge is 0.141 e. The number of hydrogen-bond donors (Lipinski definition) is 1. The summed E-state index contributed by atoms with van der Waals surface area (Å²) in [5, 5.41) is 0. The summed E-state index contributed by atoms with van der Waals surface area (Å²) in [6, 6.07) is 8.44. The Hall–Kier alpha value is -1.19. The zero-order chi connectivity index (χ0) is 16.0. The first-order valence-corrected chi connectivity index (χ1v) is 7.74. The molecule has 0 aromatic heterocycles. The Kier molecular flexibility index (Phi) is 6.56. The van der Waals surface area contributed by atoms with Crippen molar-refractivity contribution < 1.29 is 9.53 Å². The van der Waals surface area contributed by atoms with E-state index in [1.165, 1.54) is 11.1 Å². The van der Waals surface area contributed by atoms with Crippen molar-refractivity contribution in [3.8, 4) is 0 Å². The fraction of sp³-hybridized carbons (Fsp3) is 0.611. The molecule has 1 rings (SSSR count). The molecule has 0 aliphatic carbocycles. The van der Waals surface area contributed by atoms with Crippen molar-refractivity contribution >= 4 is 6.29 Å². The summed E-state index contributed by atoms with van der Waals surface area (Å²) in [6.07, 6.45) is 1.86. The van der Waals surface area contributed by atoms with Crippen LogP contribution in [0.2, 0.25) is 0 Å². The molecule has 0 amide bonds. The zero-order valence-electron chi connectivity index (χ0n) is 13.9. The van der Waals surface area contributed by atoms with Crippen LogP contribution in [0.15, 0.2) is 24.3 Å². The minimum atomic E-state index is -0.917. The standard InChI is InChI=1S/C18H29NO2/c1-6-13(2)17(16-10-8-7-9-14(16)3)15(4)21-12-18(5,19)11-20/h7-11,13,15,17H,6,12,19H2,1-5H3/t13?,15-,17+,18+/m0/s1. The highest BCUT2D eigenvalue weighted by atomic mass is 16.5. The highest BCUT2D eigenvalue weighted by Crippen LogP contribution is 2.33. The Morgan fingerprint density at radius 1 is 1.33 bits per heavy atom. The zero-order valence-corrected chi connectivity index (χ0v) is 13.9. The number of rotatable bonds is 8. The van der Waals surface area contributed by atoms with Crippen LogP contribution in [0.5, 0.6) is 0 Å². The predicted octanol–water partition coefficient (Wildman–Crippen LogP) is 3.45. The van der Waals surface area contributed by atoms with Crippen LogP contribution in [0, 0.1) is 12.8 Å². The van der Waals surface area contributed by atoms with Gasteiger partial charge in [0.1, 0.15) is 6.29 Å². The van der Waals surface area contributed by atoms with Gasteiger partial charge in [0.05, 0.1) is 18.2 Å². The van der Waals surface area contributed by atoms with Crippen molar-refractivity contribution in [2.45, 2.75) is 58.6 Å². The molecule has 0 bridgehead atoms. The normalized spacial score (nSPS) is 18.6. The van der Waals surface area contributed by atoms with Crippen LogP contribution < -0.4 is 5.73 Å². The first-order chi connectivity index (χ1) is 9.82. The van der Waals surface area contributed by atoms with Gasteiger partial charge in [-0.05, 0) is 37.8 Å². The van der Waals surface area contributed by atoms with Crippen LogP contribution in [-0.2, 0) is 9.53 Å². The average Bonchev–Trinajstić information content (AvgIpc) is 2.47. The van der Waals surface area contributed by atoms with Crippen LogP contribution >= 0.6 is 0 Å². The van der Waals surface area contributed by atoms with Gasteiger partial charge in [-0.2, -0.15) is 0 Å². The van der Waals surface area contributed by atoms with Crippen molar-refractivity contribution in [3.05, 3.63) is 35.4 Å². The molecule has 1 aromatic carbocycles. The Bertz CT molecular complexity index is 456. The molecule has 0 fully saturated rings. The lowest BCUT2D eigenvalue weighted by Crippen LogP contribution is -2.44. The van der Waals surface area contributed by atoms with Crippen LogP contribution in [0.3, 0.4) is 0 Å². The summed E-state index contributed by atoms with van der Waals surface area (Å²) in [4.78, 5) is 10.9. The van der Waals surface area contributed by atoms with Crippen molar-refractivity contribution in [3.63, 3.8) is 0 Å². The summed E-state index contributed by atoms with van der Waals surface area (Å²) in [5.74, 6) is 0.806. The average molecular weight is 291 g/mol. The third-order valence-electron chi connectivity index (χ3n) is 4.24. The highest BCUT2D eigenvalue weighted by molar-refractivity contribution is 5.63. The minimum Gasteiger partial charge on any atom is -0.375 e. The maximum atomic E-state index is 10.9. The maximum Gasteiger partial charge on any atom is 0.141 e. The first-order valence-electron chi connectivity index (χ1n) is 7.74.